The fourth-order valence-corrected chi connectivity index (χ4v) is 3.28. The van der Waals surface area contributed by atoms with E-state index in [2.05, 4.69) is 20.8 Å². The van der Waals surface area contributed by atoms with Crippen LogP contribution in [-0.2, 0) is 10.0 Å². The van der Waals surface area contributed by atoms with Gasteiger partial charge < -0.3 is 0 Å². The van der Waals surface area contributed by atoms with E-state index in [0.29, 0.717) is 19.0 Å². The van der Waals surface area contributed by atoms with Gasteiger partial charge in [0.05, 0.1) is 6.07 Å². The van der Waals surface area contributed by atoms with Crippen LogP contribution in [-0.4, -0.2) is 31.1 Å². The van der Waals surface area contributed by atoms with Gasteiger partial charge in [-0.05, 0) is 24.7 Å². The molecule has 2 unspecified atom stereocenters. The molecule has 1 rings (SSSR count). The van der Waals surface area contributed by atoms with E-state index in [9.17, 15) is 8.42 Å². The number of hydrogen-bond acceptors (Lipinski definition) is 3. The Morgan fingerprint density at radius 1 is 1.44 bits per heavy atom. The van der Waals surface area contributed by atoms with Gasteiger partial charge in [-0.25, -0.2) is 12.7 Å². The Bertz CT molecular complexity index is 389. The van der Waals surface area contributed by atoms with Gasteiger partial charge in [0.15, 0.2) is 5.25 Å². The van der Waals surface area contributed by atoms with Crippen LogP contribution in [0.2, 0.25) is 0 Å². The van der Waals surface area contributed by atoms with Crippen molar-refractivity contribution in [3.8, 4) is 6.07 Å². The van der Waals surface area contributed by atoms with Gasteiger partial charge in [0.25, 0.3) is 0 Å². The summed E-state index contributed by atoms with van der Waals surface area (Å²) < 4.78 is 25.3. The third kappa shape index (κ3) is 2.55. The predicted octanol–water partition coefficient (Wildman–Crippen LogP) is 1.60. The fourth-order valence-electron chi connectivity index (χ4n) is 1.96. The molecule has 1 aliphatic heterocycles. The molecular weight excluding hydrogens is 224 g/mol. The Hall–Kier alpha value is -0.600. The molecule has 16 heavy (non-hydrogen) atoms. The van der Waals surface area contributed by atoms with Crippen LogP contribution >= 0.6 is 0 Å². The number of hydrogen-bond donors (Lipinski definition) is 0. The van der Waals surface area contributed by atoms with Crippen molar-refractivity contribution in [2.45, 2.75) is 39.4 Å². The highest BCUT2D eigenvalue weighted by Crippen LogP contribution is 2.35. The number of nitriles is 1. The standard InChI is InChI=1S/C11H20N2O2S/c1-9(7-12)16(14,15)13-6-5-10(8-13)11(2,3)4/h9-10H,5-6,8H2,1-4H3. The molecule has 0 aliphatic carbocycles. The van der Waals surface area contributed by atoms with Gasteiger partial charge in [0, 0.05) is 13.1 Å². The molecule has 92 valence electrons. The molecule has 0 N–H and O–H groups in total. The van der Waals surface area contributed by atoms with Crippen LogP contribution < -0.4 is 0 Å². The van der Waals surface area contributed by atoms with Crippen LogP contribution in [0.5, 0.6) is 0 Å². The quantitative estimate of drug-likeness (QED) is 0.741. The van der Waals surface area contributed by atoms with Crippen molar-refractivity contribution in [1.29, 1.82) is 5.26 Å². The maximum absolute atomic E-state index is 11.9. The summed E-state index contributed by atoms with van der Waals surface area (Å²) in [7, 11) is -3.41. The Morgan fingerprint density at radius 2 is 2.00 bits per heavy atom. The second-order valence-corrected chi connectivity index (χ2v) is 7.78. The van der Waals surface area contributed by atoms with Gasteiger partial charge in [0.1, 0.15) is 0 Å². The molecule has 2 atom stereocenters. The fraction of sp³-hybridized carbons (Fsp3) is 0.909. The first-order chi connectivity index (χ1) is 7.19. The Morgan fingerprint density at radius 3 is 2.38 bits per heavy atom. The maximum Gasteiger partial charge on any atom is 0.230 e. The van der Waals surface area contributed by atoms with E-state index < -0.39 is 15.3 Å². The van der Waals surface area contributed by atoms with Crippen molar-refractivity contribution >= 4 is 10.0 Å². The van der Waals surface area contributed by atoms with E-state index in [1.807, 2.05) is 0 Å². The lowest BCUT2D eigenvalue weighted by Crippen LogP contribution is -2.36. The number of nitrogens with zero attached hydrogens (tertiary/aromatic N) is 2. The Balaban J connectivity index is 2.79. The molecule has 0 saturated carbocycles. The molecule has 5 heteroatoms. The number of sulfonamides is 1. The molecule has 1 saturated heterocycles. The van der Waals surface area contributed by atoms with Crippen molar-refractivity contribution in [2.24, 2.45) is 11.3 Å². The highest BCUT2D eigenvalue weighted by molar-refractivity contribution is 7.89. The van der Waals surface area contributed by atoms with E-state index in [1.165, 1.54) is 11.2 Å². The van der Waals surface area contributed by atoms with Crippen molar-refractivity contribution in [3.05, 3.63) is 0 Å². The van der Waals surface area contributed by atoms with E-state index in [1.54, 1.807) is 6.07 Å². The predicted molar refractivity (Wildman–Crippen MR) is 63.1 cm³/mol. The van der Waals surface area contributed by atoms with E-state index in [0.717, 1.165) is 6.42 Å². The second-order valence-electron chi connectivity index (χ2n) is 5.53. The second kappa shape index (κ2) is 4.34. The molecule has 0 spiro atoms. The molecule has 0 aromatic rings. The smallest absolute Gasteiger partial charge is 0.211 e. The summed E-state index contributed by atoms with van der Waals surface area (Å²) >= 11 is 0. The van der Waals surface area contributed by atoms with E-state index in [4.69, 9.17) is 5.26 Å². The SMILES string of the molecule is CC(C#N)S(=O)(=O)N1CCC(C(C)(C)C)C1. The first-order valence-electron chi connectivity index (χ1n) is 5.58. The molecule has 0 bridgehead atoms. The van der Waals surface area contributed by atoms with Crippen molar-refractivity contribution < 1.29 is 8.42 Å². The molecule has 0 aromatic carbocycles. The maximum atomic E-state index is 11.9. The van der Waals surface area contributed by atoms with Gasteiger partial charge in [-0.1, -0.05) is 20.8 Å². The zero-order valence-corrected chi connectivity index (χ0v) is 11.2. The first-order valence-corrected chi connectivity index (χ1v) is 7.08. The minimum atomic E-state index is -3.41. The molecular formula is C11H20N2O2S. The highest BCUT2D eigenvalue weighted by Gasteiger charge is 2.39. The average molecular weight is 244 g/mol. The normalized spacial score (nSPS) is 25.3. The molecule has 0 radical (unpaired) electrons. The Kier molecular flexibility index (Phi) is 3.65. The van der Waals surface area contributed by atoms with E-state index >= 15 is 0 Å². The number of rotatable bonds is 2. The van der Waals surface area contributed by atoms with Gasteiger partial charge in [0.2, 0.25) is 10.0 Å². The largest absolute Gasteiger partial charge is 0.230 e. The first kappa shape index (κ1) is 13.5. The molecule has 1 heterocycles. The molecule has 1 fully saturated rings. The molecule has 0 aromatic heterocycles. The summed E-state index contributed by atoms with van der Waals surface area (Å²) in [5, 5.41) is 7.76. The lowest BCUT2D eigenvalue weighted by molar-refractivity contribution is 0.251. The van der Waals surface area contributed by atoms with E-state index in [-0.39, 0.29) is 5.41 Å². The van der Waals surface area contributed by atoms with Crippen LogP contribution in [0.15, 0.2) is 0 Å². The lowest BCUT2D eigenvalue weighted by Gasteiger charge is -2.27. The van der Waals surface area contributed by atoms with Gasteiger partial charge >= 0.3 is 0 Å². The lowest BCUT2D eigenvalue weighted by atomic mass is 9.80. The minimum absolute atomic E-state index is 0.125. The van der Waals surface area contributed by atoms with Crippen molar-refractivity contribution in [1.82, 2.24) is 4.31 Å². The summed E-state index contributed by atoms with van der Waals surface area (Å²) in [5.41, 5.74) is 0.125. The van der Waals surface area contributed by atoms with Crippen LogP contribution in [0.4, 0.5) is 0 Å². The summed E-state index contributed by atoms with van der Waals surface area (Å²) in [6.45, 7) is 8.93. The Labute approximate surface area is 98.3 Å². The van der Waals surface area contributed by atoms with Crippen LogP contribution in [0.1, 0.15) is 34.1 Å². The van der Waals surface area contributed by atoms with Crippen molar-refractivity contribution in [2.75, 3.05) is 13.1 Å². The zero-order chi connectivity index (χ0) is 12.6. The van der Waals surface area contributed by atoms with Crippen LogP contribution in [0.25, 0.3) is 0 Å². The summed E-state index contributed by atoms with van der Waals surface area (Å²) in [6, 6.07) is 1.81. The third-order valence-corrected chi connectivity index (χ3v) is 5.41. The summed E-state index contributed by atoms with van der Waals surface area (Å²) in [5.74, 6) is 0.383. The van der Waals surface area contributed by atoms with Crippen molar-refractivity contribution in [3.63, 3.8) is 0 Å². The van der Waals surface area contributed by atoms with Gasteiger partial charge in [-0.2, -0.15) is 5.26 Å². The third-order valence-electron chi connectivity index (χ3n) is 3.36. The van der Waals surface area contributed by atoms with Gasteiger partial charge in [-0.3, -0.25) is 0 Å². The summed E-state index contributed by atoms with van der Waals surface area (Å²) in [6.07, 6.45) is 0.890. The average Bonchev–Trinajstić information content (AvgIpc) is 2.64. The summed E-state index contributed by atoms with van der Waals surface area (Å²) in [4.78, 5) is 0. The highest BCUT2D eigenvalue weighted by atomic mass is 32.2. The monoisotopic (exact) mass is 244 g/mol. The molecule has 0 amide bonds. The van der Waals surface area contributed by atoms with Gasteiger partial charge in [-0.15, -0.1) is 0 Å². The molecule has 1 aliphatic rings. The topological polar surface area (TPSA) is 61.2 Å². The van der Waals surface area contributed by atoms with Crippen LogP contribution in [0.3, 0.4) is 0 Å². The molecule has 4 nitrogen and oxygen atoms in total. The minimum Gasteiger partial charge on any atom is -0.211 e. The zero-order valence-electron chi connectivity index (χ0n) is 10.4. The van der Waals surface area contributed by atoms with Crippen LogP contribution in [0, 0.1) is 22.7 Å².